The van der Waals surface area contributed by atoms with Crippen LogP contribution in [0.4, 0.5) is 0 Å². The fourth-order valence-electron chi connectivity index (χ4n) is 8.45. The molecule has 0 fully saturated rings. The zero-order chi connectivity index (χ0) is 28.9. The van der Waals surface area contributed by atoms with Crippen molar-refractivity contribution < 1.29 is 0 Å². The van der Waals surface area contributed by atoms with Crippen LogP contribution in [0.5, 0.6) is 0 Å². The third-order valence-corrected chi connectivity index (χ3v) is 10.8. The van der Waals surface area contributed by atoms with E-state index in [9.17, 15) is 0 Å². The van der Waals surface area contributed by atoms with Gasteiger partial charge in [0.05, 0.1) is 11.2 Å². The van der Waals surface area contributed by atoms with E-state index in [1.165, 1.54) is 55.5 Å². The van der Waals surface area contributed by atoms with E-state index in [-0.39, 0.29) is 16.7 Å². The lowest BCUT2D eigenvalue weighted by Crippen LogP contribution is -2.45. The molecule has 2 atom stereocenters. The molecular weight excluding hydrogens is 520 g/mol. The Morgan fingerprint density at radius 2 is 1.33 bits per heavy atom. The minimum absolute atomic E-state index is 0.0857. The number of fused-ring (bicyclic) bond motifs is 11. The van der Waals surface area contributed by atoms with Gasteiger partial charge >= 0.3 is 0 Å². The maximum absolute atomic E-state index is 4.80. The van der Waals surface area contributed by atoms with E-state index in [0.29, 0.717) is 0 Å². The van der Waals surface area contributed by atoms with Crippen LogP contribution in [0, 0.1) is 0 Å². The highest BCUT2D eigenvalue weighted by molar-refractivity contribution is 6.02. The molecule has 2 nitrogen and oxygen atoms in total. The zero-order valence-electron chi connectivity index (χ0n) is 24.7. The molecule has 2 aliphatic rings. The molecule has 0 amide bonds. The van der Waals surface area contributed by atoms with E-state index >= 15 is 0 Å². The second-order valence-electron chi connectivity index (χ2n) is 13.0. The molecule has 5 aromatic carbocycles. The highest BCUT2D eigenvalue weighted by atomic mass is 15.0. The molecule has 0 aliphatic heterocycles. The summed E-state index contributed by atoms with van der Waals surface area (Å²) in [6.07, 6.45) is 1.98. The Morgan fingerprint density at radius 3 is 2.16 bits per heavy atom. The van der Waals surface area contributed by atoms with Crippen molar-refractivity contribution in [3.8, 4) is 28.1 Å². The van der Waals surface area contributed by atoms with Crippen molar-refractivity contribution in [2.75, 3.05) is 0 Å². The van der Waals surface area contributed by atoms with Gasteiger partial charge in [-0.1, -0.05) is 124 Å². The number of nitrogens with zero attached hydrogens (tertiary/aromatic N) is 2. The SMILES string of the molecule is CC1(C)c2ccccc2C2c3ccccc3-c3c(n(-c4ccc(-c5cc6ccccc6cn5)cc4)c4ccccc34)C21C. The predicted octanol–water partition coefficient (Wildman–Crippen LogP) is 10.2. The van der Waals surface area contributed by atoms with Crippen molar-refractivity contribution in [1.82, 2.24) is 9.55 Å². The molecule has 2 unspecified atom stereocenters. The summed E-state index contributed by atoms with van der Waals surface area (Å²) in [7, 11) is 0. The highest BCUT2D eigenvalue weighted by Gasteiger charge is 2.61. The average molecular weight is 553 g/mol. The molecule has 2 aromatic heterocycles. The summed E-state index contributed by atoms with van der Waals surface area (Å²) in [6, 6.07) is 46.9. The third-order valence-electron chi connectivity index (χ3n) is 10.8. The Bertz CT molecular complexity index is 2230. The van der Waals surface area contributed by atoms with E-state index in [1.54, 1.807) is 0 Å². The molecule has 0 radical (unpaired) electrons. The van der Waals surface area contributed by atoms with Gasteiger partial charge in [-0.3, -0.25) is 4.98 Å². The molecule has 0 N–H and O–H groups in total. The number of pyridine rings is 1. The topological polar surface area (TPSA) is 17.8 Å². The van der Waals surface area contributed by atoms with Gasteiger partial charge in [0, 0.05) is 56.2 Å². The van der Waals surface area contributed by atoms with Crippen molar-refractivity contribution in [3.05, 3.63) is 156 Å². The predicted molar refractivity (Wildman–Crippen MR) is 178 cm³/mol. The van der Waals surface area contributed by atoms with Crippen LogP contribution >= 0.6 is 0 Å². The standard InChI is InChI=1S/C41H32N2/c1-40(2)34-18-10-8-16-32(34)38-31-15-7-6-14-30(31)37-33-17-9-11-19-36(33)43(39(37)41(38,40)3)29-22-20-26(21-23-29)35-24-27-12-4-5-13-28(27)25-42-35/h4-25,38H,1-3H3. The van der Waals surface area contributed by atoms with Gasteiger partial charge < -0.3 is 4.57 Å². The van der Waals surface area contributed by atoms with Gasteiger partial charge in [-0.05, 0) is 51.9 Å². The minimum atomic E-state index is -0.169. The first-order valence-electron chi connectivity index (χ1n) is 15.3. The molecule has 43 heavy (non-hydrogen) atoms. The van der Waals surface area contributed by atoms with Crippen molar-refractivity contribution in [1.29, 1.82) is 0 Å². The van der Waals surface area contributed by atoms with Crippen LogP contribution in [0.2, 0.25) is 0 Å². The summed E-state index contributed by atoms with van der Waals surface area (Å²) in [5.41, 5.74) is 12.8. The third kappa shape index (κ3) is 3.11. The number of hydrogen-bond donors (Lipinski definition) is 0. The maximum Gasteiger partial charge on any atom is 0.0708 e. The molecular formula is C41H32N2. The molecule has 2 heterocycles. The van der Waals surface area contributed by atoms with Gasteiger partial charge in [-0.15, -0.1) is 0 Å². The van der Waals surface area contributed by atoms with E-state index in [2.05, 4.69) is 153 Å². The summed E-state index contributed by atoms with van der Waals surface area (Å²) in [5, 5.41) is 3.69. The van der Waals surface area contributed by atoms with Gasteiger partial charge in [0.15, 0.2) is 0 Å². The average Bonchev–Trinajstić information content (AvgIpc) is 3.49. The van der Waals surface area contributed by atoms with Gasteiger partial charge in [-0.25, -0.2) is 0 Å². The number of para-hydroxylation sites is 1. The monoisotopic (exact) mass is 552 g/mol. The Balaban J connectivity index is 1.32. The van der Waals surface area contributed by atoms with Crippen molar-refractivity contribution in [2.45, 2.75) is 37.5 Å². The Morgan fingerprint density at radius 1 is 0.651 bits per heavy atom. The lowest BCUT2D eigenvalue weighted by Gasteiger charge is -2.47. The first kappa shape index (κ1) is 24.6. The zero-order valence-corrected chi connectivity index (χ0v) is 24.7. The van der Waals surface area contributed by atoms with Crippen LogP contribution in [0.1, 0.15) is 49.1 Å². The molecule has 9 rings (SSSR count). The van der Waals surface area contributed by atoms with Crippen LogP contribution in [-0.4, -0.2) is 9.55 Å². The fraction of sp³-hybridized carbons (Fsp3) is 0.146. The first-order chi connectivity index (χ1) is 21.0. The molecule has 0 saturated heterocycles. The molecule has 2 heteroatoms. The molecule has 7 aromatic rings. The van der Waals surface area contributed by atoms with Crippen LogP contribution in [0.15, 0.2) is 134 Å². The van der Waals surface area contributed by atoms with Gasteiger partial charge in [-0.2, -0.15) is 0 Å². The lowest BCUT2D eigenvalue weighted by atomic mass is 9.56. The van der Waals surface area contributed by atoms with Gasteiger partial charge in [0.1, 0.15) is 0 Å². The normalized spacial score (nSPS) is 19.6. The van der Waals surface area contributed by atoms with E-state index in [0.717, 1.165) is 16.6 Å². The second kappa shape index (κ2) is 8.55. The van der Waals surface area contributed by atoms with Crippen molar-refractivity contribution in [3.63, 3.8) is 0 Å². The Kier molecular flexibility index (Phi) is 4.90. The van der Waals surface area contributed by atoms with E-state index < -0.39 is 0 Å². The molecule has 0 saturated carbocycles. The quantitative estimate of drug-likeness (QED) is 0.209. The summed E-state index contributed by atoms with van der Waals surface area (Å²) in [6.45, 7) is 7.44. The number of rotatable bonds is 2. The minimum Gasteiger partial charge on any atom is -0.312 e. The highest BCUT2D eigenvalue weighted by Crippen LogP contribution is 2.67. The van der Waals surface area contributed by atoms with E-state index in [1.807, 2.05) is 6.20 Å². The van der Waals surface area contributed by atoms with Crippen LogP contribution in [-0.2, 0) is 10.8 Å². The summed E-state index contributed by atoms with van der Waals surface area (Å²) >= 11 is 0. The largest absolute Gasteiger partial charge is 0.312 e. The van der Waals surface area contributed by atoms with Crippen LogP contribution < -0.4 is 0 Å². The van der Waals surface area contributed by atoms with Crippen molar-refractivity contribution in [2.24, 2.45) is 0 Å². The number of benzene rings is 5. The fourth-order valence-corrected chi connectivity index (χ4v) is 8.45. The Labute approximate surface area is 252 Å². The molecule has 0 spiro atoms. The second-order valence-corrected chi connectivity index (χ2v) is 13.0. The van der Waals surface area contributed by atoms with Crippen molar-refractivity contribution >= 4 is 21.7 Å². The van der Waals surface area contributed by atoms with E-state index in [4.69, 9.17) is 4.98 Å². The van der Waals surface area contributed by atoms with Crippen LogP contribution in [0.25, 0.3) is 49.7 Å². The Hall–Kier alpha value is -4.95. The molecule has 206 valence electrons. The molecule has 0 bridgehead atoms. The van der Waals surface area contributed by atoms with Gasteiger partial charge in [0.25, 0.3) is 0 Å². The summed E-state index contributed by atoms with van der Waals surface area (Å²) in [4.78, 5) is 4.80. The maximum atomic E-state index is 4.80. The summed E-state index contributed by atoms with van der Waals surface area (Å²) in [5.74, 6) is 0.270. The lowest BCUT2D eigenvalue weighted by molar-refractivity contribution is 0.268. The molecule has 2 aliphatic carbocycles. The van der Waals surface area contributed by atoms with Gasteiger partial charge in [0.2, 0.25) is 0 Å². The smallest absolute Gasteiger partial charge is 0.0708 e. The number of aromatic nitrogens is 2. The first-order valence-corrected chi connectivity index (χ1v) is 15.3. The number of hydrogen-bond acceptors (Lipinski definition) is 1. The summed E-state index contributed by atoms with van der Waals surface area (Å²) < 4.78 is 2.57. The van der Waals surface area contributed by atoms with Crippen LogP contribution in [0.3, 0.4) is 0 Å².